The second kappa shape index (κ2) is 13.8. The fraction of sp³-hybridized carbons (Fsp3) is 0.393. The van der Waals surface area contributed by atoms with Crippen molar-refractivity contribution in [3.8, 4) is 0 Å². The van der Waals surface area contributed by atoms with Crippen molar-refractivity contribution in [1.29, 1.82) is 0 Å². The highest BCUT2D eigenvalue weighted by atomic mass is 16.7. The molecule has 0 saturated carbocycles. The number of carbonyl (C=O) groups is 1. The highest BCUT2D eigenvalue weighted by Crippen LogP contribution is 2.35. The summed E-state index contributed by atoms with van der Waals surface area (Å²) in [7, 11) is 1.59. The molecule has 34 heavy (non-hydrogen) atoms. The van der Waals surface area contributed by atoms with Crippen LogP contribution in [-0.2, 0) is 41.7 Å². The van der Waals surface area contributed by atoms with Gasteiger partial charge in [0.15, 0.2) is 6.29 Å². The van der Waals surface area contributed by atoms with E-state index >= 15 is 0 Å². The van der Waals surface area contributed by atoms with Gasteiger partial charge in [0.05, 0.1) is 25.9 Å². The van der Waals surface area contributed by atoms with E-state index in [1.807, 2.05) is 66.7 Å². The van der Waals surface area contributed by atoms with Gasteiger partial charge in [0.2, 0.25) is 0 Å². The van der Waals surface area contributed by atoms with Crippen LogP contribution in [0.1, 0.15) is 24.5 Å². The lowest BCUT2D eigenvalue weighted by atomic mass is 9.85. The van der Waals surface area contributed by atoms with E-state index in [0.29, 0.717) is 26.2 Å². The zero-order valence-corrected chi connectivity index (χ0v) is 19.9. The molecule has 1 aliphatic heterocycles. The van der Waals surface area contributed by atoms with Crippen LogP contribution in [0.5, 0.6) is 0 Å². The Morgan fingerprint density at radius 2 is 1.56 bits per heavy atom. The lowest BCUT2D eigenvalue weighted by Gasteiger charge is -2.45. The Labute approximate surface area is 202 Å². The van der Waals surface area contributed by atoms with Gasteiger partial charge >= 0.3 is 5.97 Å². The van der Waals surface area contributed by atoms with Gasteiger partial charge in [-0.05, 0) is 30.5 Å². The summed E-state index contributed by atoms with van der Waals surface area (Å²) < 4.78 is 29.7. The summed E-state index contributed by atoms with van der Waals surface area (Å²) in [6.07, 6.45) is 3.60. The summed E-state index contributed by atoms with van der Waals surface area (Å²) in [5.41, 5.74) is 2.10. The standard InChI is InChI=1S/C28H34O6/c1-4-12-23-26(32-19-21-13-8-6-9-14-21)24(17-18-25(29)31-5-2)34-28(30-3)27(23)33-20-22-15-10-7-11-16-22/h4,6-11,13-18,23-24,26-28H,1,5,12,19-20H2,2-3H3/b18-17+/t23?,24?,26-,27?,28-/m0/s1. The zero-order valence-electron chi connectivity index (χ0n) is 19.9. The van der Waals surface area contributed by atoms with Gasteiger partial charge in [-0.1, -0.05) is 66.7 Å². The molecule has 2 aromatic carbocycles. The number of benzene rings is 2. The van der Waals surface area contributed by atoms with Crippen molar-refractivity contribution >= 4 is 5.97 Å². The molecule has 0 aliphatic carbocycles. The van der Waals surface area contributed by atoms with Crippen molar-refractivity contribution in [3.63, 3.8) is 0 Å². The van der Waals surface area contributed by atoms with Crippen molar-refractivity contribution in [1.82, 2.24) is 0 Å². The van der Waals surface area contributed by atoms with Gasteiger partial charge in [-0.15, -0.1) is 6.58 Å². The number of hydrogen-bond donors (Lipinski definition) is 0. The smallest absolute Gasteiger partial charge is 0.330 e. The summed E-state index contributed by atoms with van der Waals surface area (Å²) >= 11 is 0. The van der Waals surface area contributed by atoms with Crippen LogP contribution in [0, 0.1) is 5.92 Å². The van der Waals surface area contributed by atoms with Gasteiger partial charge < -0.3 is 23.7 Å². The number of hydrogen-bond acceptors (Lipinski definition) is 6. The summed E-state index contributed by atoms with van der Waals surface area (Å²) in [5, 5.41) is 0. The number of methoxy groups -OCH3 is 1. The lowest BCUT2D eigenvalue weighted by molar-refractivity contribution is -0.287. The molecule has 2 aromatic rings. The summed E-state index contributed by atoms with van der Waals surface area (Å²) in [6, 6.07) is 19.9. The predicted octanol–water partition coefficient (Wildman–Crippen LogP) is 4.84. The number of allylic oxidation sites excluding steroid dienone is 1. The van der Waals surface area contributed by atoms with Crippen molar-refractivity contribution in [2.75, 3.05) is 13.7 Å². The molecule has 182 valence electrons. The third-order valence-corrected chi connectivity index (χ3v) is 5.68. The van der Waals surface area contributed by atoms with E-state index < -0.39 is 30.6 Å². The normalized spacial score (nSPS) is 24.7. The fourth-order valence-corrected chi connectivity index (χ4v) is 4.07. The van der Waals surface area contributed by atoms with Crippen molar-refractivity contribution < 1.29 is 28.5 Å². The van der Waals surface area contributed by atoms with Crippen LogP contribution in [0.2, 0.25) is 0 Å². The number of rotatable bonds is 12. The highest BCUT2D eigenvalue weighted by Gasteiger charge is 2.46. The molecule has 1 fully saturated rings. The minimum absolute atomic E-state index is 0.111. The third kappa shape index (κ3) is 7.37. The fourth-order valence-electron chi connectivity index (χ4n) is 4.07. The van der Waals surface area contributed by atoms with E-state index in [-0.39, 0.29) is 5.92 Å². The molecule has 3 rings (SSSR count). The predicted molar refractivity (Wildman–Crippen MR) is 130 cm³/mol. The van der Waals surface area contributed by atoms with Gasteiger partial charge in [0.1, 0.15) is 12.2 Å². The van der Waals surface area contributed by atoms with E-state index in [0.717, 1.165) is 11.1 Å². The second-order valence-electron chi connectivity index (χ2n) is 8.03. The Kier molecular flexibility index (Phi) is 10.5. The van der Waals surface area contributed by atoms with Crippen LogP contribution in [0.25, 0.3) is 0 Å². The number of esters is 1. The van der Waals surface area contributed by atoms with Gasteiger partial charge in [-0.3, -0.25) is 0 Å². The van der Waals surface area contributed by atoms with Gasteiger partial charge in [-0.2, -0.15) is 0 Å². The van der Waals surface area contributed by atoms with E-state index in [4.69, 9.17) is 23.7 Å². The first-order valence-electron chi connectivity index (χ1n) is 11.6. The quantitative estimate of drug-likeness (QED) is 0.253. The van der Waals surface area contributed by atoms with E-state index in [9.17, 15) is 4.79 Å². The van der Waals surface area contributed by atoms with Crippen molar-refractivity contribution in [3.05, 3.63) is 96.6 Å². The van der Waals surface area contributed by atoms with Crippen LogP contribution >= 0.6 is 0 Å². The first-order chi connectivity index (χ1) is 16.7. The molecule has 6 nitrogen and oxygen atoms in total. The van der Waals surface area contributed by atoms with Crippen molar-refractivity contribution in [2.45, 2.75) is 51.2 Å². The Balaban J connectivity index is 1.84. The first kappa shape index (κ1) is 25.8. The Morgan fingerprint density at radius 1 is 0.971 bits per heavy atom. The molecule has 0 bridgehead atoms. The topological polar surface area (TPSA) is 63.2 Å². The third-order valence-electron chi connectivity index (χ3n) is 5.68. The average Bonchev–Trinajstić information content (AvgIpc) is 2.87. The highest BCUT2D eigenvalue weighted by molar-refractivity contribution is 5.81. The largest absolute Gasteiger partial charge is 0.463 e. The van der Waals surface area contributed by atoms with Crippen LogP contribution in [0.15, 0.2) is 85.5 Å². The molecular formula is C28H34O6. The summed E-state index contributed by atoms with van der Waals surface area (Å²) in [6.45, 7) is 6.83. The molecule has 3 unspecified atom stereocenters. The van der Waals surface area contributed by atoms with Crippen molar-refractivity contribution in [2.24, 2.45) is 5.92 Å². The molecule has 1 heterocycles. The maximum Gasteiger partial charge on any atom is 0.330 e. The van der Waals surface area contributed by atoms with Crippen LogP contribution in [0.4, 0.5) is 0 Å². The Bertz CT molecular complexity index is 898. The number of ether oxygens (including phenoxy) is 5. The lowest BCUT2D eigenvalue weighted by Crippen LogP contribution is -2.55. The maximum atomic E-state index is 12.0. The van der Waals surface area contributed by atoms with Crippen LogP contribution < -0.4 is 0 Å². The second-order valence-corrected chi connectivity index (χ2v) is 8.03. The summed E-state index contributed by atoms with van der Waals surface area (Å²) in [4.78, 5) is 12.0. The monoisotopic (exact) mass is 466 g/mol. The molecule has 0 radical (unpaired) electrons. The SMILES string of the molecule is C=CCC1C(OCc2ccccc2)[C@@H](OC)OC(/C=C/C(=O)OCC)[C@H]1OCc1ccccc1. The van der Waals surface area contributed by atoms with E-state index in [2.05, 4.69) is 6.58 Å². The van der Waals surface area contributed by atoms with E-state index in [1.165, 1.54) is 6.08 Å². The maximum absolute atomic E-state index is 12.0. The average molecular weight is 467 g/mol. The Hall–Kier alpha value is -2.77. The molecule has 0 spiro atoms. The van der Waals surface area contributed by atoms with Gasteiger partial charge in [0, 0.05) is 19.1 Å². The van der Waals surface area contributed by atoms with Crippen LogP contribution in [0.3, 0.4) is 0 Å². The first-order valence-corrected chi connectivity index (χ1v) is 11.6. The zero-order chi connectivity index (χ0) is 24.2. The molecular weight excluding hydrogens is 432 g/mol. The Morgan fingerprint density at radius 3 is 2.09 bits per heavy atom. The molecule has 5 atom stereocenters. The van der Waals surface area contributed by atoms with Gasteiger partial charge in [0.25, 0.3) is 0 Å². The summed E-state index contributed by atoms with van der Waals surface area (Å²) in [5.74, 6) is -0.537. The molecule has 1 saturated heterocycles. The number of carbonyl (C=O) groups excluding carboxylic acids is 1. The minimum Gasteiger partial charge on any atom is -0.463 e. The minimum atomic E-state index is -0.637. The van der Waals surface area contributed by atoms with Crippen LogP contribution in [-0.4, -0.2) is 44.3 Å². The molecule has 0 amide bonds. The van der Waals surface area contributed by atoms with E-state index in [1.54, 1.807) is 20.1 Å². The molecule has 0 N–H and O–H groups in total. The molecule has 1 aliphatic rings. The molecule has 0 aromatic heterocycles. The molecule has 6 heteroatoms. The van der Waals surface area contributed by atoms with Gasteiger partial charge in [-0.25, -0.2) is 4.79 Å².